The highest BCUT2D eigenvalue weighted by Gasteiger charge is 2.20. The van der Waals surface area contributed by atoms with E-state index in [2.05, 4.69) is 4.98 Å². The summed E-state index contributed by atoms with van der Waals surface area (Å²) in [6, 6.07) is 12.1. The summed E-state index contributed by atoms with van der Waals surface area (Å²) in [6.07, 6.45) is -0.790. The van der Waals surface area contributed by atoms with Gasteiger partial charge in [-0.25, -0.2) is 4.98 Å². The molecule has 7 nitrogen and oxygen atoms in total. The quantitative estimate of drug-likeness (QED) is 0.574. The number of nitro benzene ring substituents is 1. The van der Waals surface area contributed by atoms with E-state index in [1.165, 1.54) is 13.2 Å². The van der Waals surface area contributed by atoms with Gasteiger partial charge in [0.15, 0.2) is 0 Å². The van der Waals surface area contributed by atoms with Gasteiger partial charge in [-0.1, -0.05) is 12.1 Å². The van der Waals surface area contributed by atoms with E-state index in [-0.39, 0.29) is 12.2 Å². The van der Waals surface area contributed by atoms with Crippen LogP contribution in [0.4, 0.5) is 5.69 Å². The van der Waals surface area contributed by atoms with Crippen LogP contribution in [0.5, 0.6) is 5.75 Å². The maximum absolute atomic E-state index is 11.3. The molecule has 3 rings (SSSR count). The number of methoxy groups -OCH3 is 1. The zero-order valence-corrected chi connectivity index (χ0v) is 13.3. The first-order valence-corrected chi connectivity index (χ1v) is 7.45. The number of nitro groups is 1. The topological polar surface area (TPSA) is 90.4 Å². The van der Waals surface area contributed by atoms with Crippen LogP contribution < -0.4 is 4.74 Å². The number of hydrogen-bond acceptors (Lipinski definition) is 5. The summed E-state index contributed by atoms with van der Waals surface area (Å²) < 4.78 is 6.97. The highest BCUT2D eigenvalue weighted by Crippen LogP contribution is 2.28. The van der Waals surface area contributed by atoms with Gasteiger partial charge < -0.3 is 14.4 Å². The lowest BCUT2D eigenvalue weighted by atomic mass is 10.1. The molecule has 124 valence electrons. The molecule has 0 amide bonds. The van der Waals surface area contributed by atoms with Crippen molar-refractivity contribution in [3.05, 3.63) is 64.0 Å². The average molecular weight is 327 g/mol. The summed E-state index contributed by atoms with van der Waals surface area (Å²) in [5.41, 5.74) is 2.04. The molecular weight excluding hydrogens is 310 g/mol. The minimum atomic E-state index is -0.790. The molecule has 7 heteroatoms. The highest BCUT2D eigenvalue weighted by molar-refractivity contribution is 5.76. The van der Waals surface area contributed by atoms with Crippen molar-refractivity contribution in [2.24, 2.45) is 0 Å². The van der Waals surface area contributed by atoms with Crippen molar-refractivity contribution < 1.29 is 14.8 Å². The van der Waals surface area contributed by atoms with E-state index in [9.17, 15) is 15.2 Å². The molecule has 0 unspecified atom stereocenters. The third kappa shape index (κ3) is 2.81. The summed E-state index contributed by atoms with van der Waals surface area (Å²) in [6.45, 7) is 1.84. The lowest BCUT2D eigenvalue weighted by molar-refractivity contribution is -0.385. The van der Waals surface area contributed by atoms with Crippen LogP contribution in [-0.2, 0) is 6.54 Å². The second kappa shape index (κ2) is 6.29. The van der Waals surface area contributed by atoms with E-state index in [4.69, 9.17) is 4.74 Å². The molecule has 0 bridgehead atoms. The molecule has 24 heavy (non-hydrogen) atoms. The first-order valence-electron chi connectivity index (χ1n) is 7.45. The molecular formula is C17H17N3O4. The molecule has 0 radical (unpaired) electrons. The predicted octanol–water partition coefficient (Wildman–Crippen LogP) is 3.05. The highest BCUT2D eigenvalue weighted by atomic mass is 16.6. The molecule has 1 aromatic heterocycles. The fraction of sp³-hybridized carbons (Fsp3) is 0.235. The zero-order valence-electron chi connectivity index (χ0n) is 13.3. The number of para-hydroxylation sites is 2. The van der Waals surface area contributed by atoms with Crippen molar-refractivity contribution in [1.29, 1.82) is 0 Å². The smallest absolute Gasteiger partial charge is 0.274 e. The fourth-order valence-electron chi connectivity index (χ4n) is 2.74. The number of imidazole rings is 1. The summed E-state index contributed by atoms with van der Waals surface area (Å²) >= 11 is 0. The van der Waals surface area contributed by atoms with Gasteiger partial charge >= 0.3 is 0 Å². The molecule has 1 atom stereocenters. The van der Waals surface area contributed by atoms with E-state index in [0.717, 1.165) is 11.0 Å². The number of ether oxygens (including phenoxy) is 1. The van der Waals surface area contributed by atoms with Crippen LogP contribution >= 0.6 is 0 Å². The van der Waals surface area contributed by atoms with E-state index in [0.29, 0.717) is 17.1 Å². The van der Waals surface area contributed by atoms with Gasteiger partial charge in [-0.3, -0.25) is 10.1 Å². The van der Waals surface area contributed by atoms with Crippen LogP contribution in [0.1, 0.15) is 24.4 Å². The number of fused-ring (bicyclic) bond motifs is 1. The van der Waals surface area contributed by atoms with Crippen molar-refractivity contribution in [1.82, 2.24) is 9.55 Å². The van der Waals surface area contributed by atoms with Gasteiger partial charge in [0.05, 0.1) is 35.2 Å². The lowest BCUT2D eigenvalue weighted by Gasteiger charge is -2.12. The minimum Gasteiger partial charge on any atom is -0.497 e. The van der Waals surface area contributed by atoms with E-state index in [1.54, 1.807) is 23.6 Å². The fourth-order valence-corrected chi connectivity index (χ4v) is 2.74. The molecule has 0 spiro atoms. The number of hydrogen-bond donors (Lipinski definition) is 1. The Morgan fingerprint density at radius 1 is 1.33 bits per heavy atom. The summed E-state index contributed by atoms with van der Waals surface area (Å²) in [5.74, 6) is 1.01. The Balaban J connectivity index is 2.16. The Morgan fingerprint density at radius 3 is 2.75 bits per heavy atom. The van der Waals surface area contributed by atoms with Gasteiger partial charge in [0.2, 0.25) is 0 Å². The van der Waals surface area contributed by atoms with Crippen molar-refractivity contribution in [2.45, 2.75) is 19.6 Å². The van der Waals surface area contributed by atoms with Gasteiger partial charge in [0, 0.05) is 6.07 Å². The first kappa shape index (κ1) is 15.9. The van der Waals surface area contributed by atoms with Gasteiger partial charge in [0.25, 0.3) is 5.69 Å². The van der Waals surface area contributed by atoms with Gasteiger partial charge in [-0.05, 0) is 31.2 Å². The number of aliphatic hydroxyl groups excluding tert-OH is 1. The second-order valence-corrected chi connectivity index (χ2v) is 5.47. The van der Waals surface area contributed by atoms with Crippen molar-refractivity contribution >= 4 is 16.7 Å². The van der Waals surface area contributed by atoms with Gasteiger partial charge in [0.1, 0.15) is 17.7 Å². The van der Waals surface area contributed by atoms with Gasteiger partial charge in [-0.2, -0.15) is 0 Å². The summed E-state index contributed by atoms with van der Waals surface area (Å²) in [4.78, 5) is 15.3. The van der Waals surface area contributed by atoms with Crippen LogP contribution in [0.2, 0.25) is 0 Å². The van der Waals surface area contributed by atoms with Crippen LogP contribution in [0, 0.1) is 10.1 Å². The molecule has 1 heterocycles. The van der Waals surface area contributed by atoms with Crippen molar-refractivity contribution in [3.8, 4) is 5.75 Å². The Labute approximate surface area is 138 Å². The second-order valence-electron chi connectivity index (χ2n) is 5.47. The predicted molar refractivity (Wildman–Crippen MR) is 89.1 cm³/mol. The molecule has 1 N–H and O–H groups in total. The van der Waals surface area contributed by atoms with E-state index >= 15 is 0 Å². The average Bonchev–Trinajstić information content (AvgIpc) is 2.93. The third-order valence-corrected chi connectivity index (χ3v) is 3.87. The lowest BCUT2D eigenvalue weighted by Crippen LogP contribution is -2.09. The Bertz CT molecular complexity index is 902. The largest absolute Gasteiger partial charge is 0.497 e. The summed E-state index contributed by atoms with van der Waals surface area (Å²) in [5, 5.41) is 21.3. The minimum absolute atomic E-state index is 0.00474. The Morgan fingerprint density at radius 2 is 2.08 bits per heavy atom. The van der Waals surface area contributed by atoms with Crippen molar-refractivity contribution in [3.63, 3.8) is 0 Å². The normalized spacial score (nSPS) is 12.3. The monoisotopic (exact) mass is 327 g/mol. The number of nitrogens with zero attached hydrogens (tertiary/aromatic N) is 3. The van der Waals surface area contributed by atoms with Crippen molar-refractivity contribution in [2.75, 3.05) is 7.11 Å². The molecule has 2 aromatic carbocycles. The molecule has 0 saturated carbocycles. The molecule has 0 saturated heterocycles. The van der Waals surface area contributed by atoms with Crippen LogP contribution in [-0.4, -0.2) is 26.7 Å². The Hall–Kier alpha value is -2.93. The first-order chi connectivity index (χ1) is 11.5. The maximum atomic E-state index is 11.3. The standard InChI is InChI=1S/C17H17N3O4/c1-11(21)17-18-14-5-3-4-6-16(14)19(17)10-12-9-13(24-2)7-8-15(12)20(22)23/h3-9,11,21H,10H2,1-2H3/t11-/m0/s1. The van der Waals surface area contributed by atoms with E-state index in [1.807, 2.05) is 24.3 Å². The number of aromatic nitrogens is 2. The molecule has 3 aromatic rings. The van der Waals surface area contributed by atoms with E-state index < -0.39 is 11.0 Å². The third-order valence-electron chi connectivity index (χ3n) is 3.87. The zero-order chi connectivity index (χ0) is 17.3. The SMILES string of the molecule is COc1ccc([N+](=O)[O-])c(Cn2c([C@H](C)O)nc3ccccc32)c1. The van der Waals surface area contributed by atoms with Crippen LogP contribution in [0.15, 0.2) is 42.5 Å². The van der Waals surface area contributed by atoms with Crippen LogP contribution in [0.3, 0.4) is 0 Å². The molecule has 0 aliphatic rings. The summed E-state index contributed by atoms with van der Waals surface area (Å²) in [7, 11) is 1.51. The molecule has 0 aliphatic carbocycles. The molecule has 0 fully saturated rings. The van der Waals surface area contributed by atoms with Gasteiger partial charge in [-0.15, -0.1) is 0 Å². The molecule has 0 aliphatic heterocycles. The number of rotatable bonds is 5. The Kier molecular flexibility index (Phi) is 4.18. The number of aliphatic hydroxyl groups is 1. The van der Waals surface area contributed by atoms with Crippen LogP contribution in [0.25, 0.3) is 11.0 Å². The number of benzene rings is 2. The maximum Gasteiger partial charge on any atom is 0.274 e.